The molecule has 0 N–H and O–H groups in total. The number of carbonyl (C=O) groups excluding carboxylic acids is 1. The van der Waals surface area contributed by atoms with Crippen molar-refractivity contribution >= 4 is 11.9 Å². The van der Waals surface area contributed by atoms with Crippen molar-refractivity contribution < 1.29 is 14.3 Å². The summed E-state index contributed by atoms with van der Waals surface area (Å²) < 4.78 is 10.5. The molecule has 6 heteroatoms. The molecule has 1 amide bonds. The Morgan fingerprint density at radius 1 is 1.00 bits per heavy atom. The standard InChI is InChI=1S/C17H23N3O3/c1-22-14-10-13(11-15(12-14)23-2)16(21)20-9-6-18-17(20)19-7-4-3-5-8-19/h10-12H,3-9H2,1-2H3. The fourth-order valence-corrected chi connectivity index (χ4v) is 3.08. The second kappa shape index (κ2) is 6.89. The first kappa shape index (κ1) is 15.6. The number of rotatable bonds is 3. The molecule has 0 unspecified atom stereocenters. The monoisotopic (exact) mass is 317 g/mol. The number of amides is 1. The Bertz CT molecular complexity index is 587. The van der Waals surface area contributed by atoms with Gasteiger partial charge in [-0.2, -0.15) is 0 Å². The molecule has 0 aromatic heterocycles. The van der Waals surface area contributed by atoms with Gasteiger partial charge in [-0.1, -0.05) is 0 Å². The number of carbonyl (C=O) groups is 1. The molecule has 2 aliphatic heterocycles. The number of nitrogens with zero attached hydrogens (tertiary/aromatic N) is 3. The normalized spacial score (nSPS) is 17.9. The molecule has 3 rings (SSSR count). The second-order valence-corrected chi connectivity index (χ2v) is 5.79. The summed E-state index contributed by atoms with van der Waals surface area (Å²) in [7, 11) is 3.17. The van der Waals surface area contributed by atoms with Gasteiger partial charge >= 0.3 is 0 Å². The Hall–Kier alpha value is -2.24. The van der Waals surface area contributed by atoms with Crippen molar-refractivity contribution in [3.05, 3.63) is 23.8 Å². The van der Waals surface area contributed by atoms with Crippen LogP contribution < -0.4 is 9.47 Å². The summed E-state index contributed by atoms with van der Waals surface area (Å²) in [5, 5.41) is 0. The van der Waals surface area contributed by atoms with Crippen molar-refractivity contribution in [3.8, 4) is 11.5 Å². The van der Waals surface area contributed by atoms with Crippen molar-refractivity contribution in [2.45, 2.75) is 19.3 Å². The van der Waals surface area contributed by atoms with E-state index in [9.17, 15) is 4.79 Å². The maximum absolute atomic E-state index is 12.9. The fraction of sp³-hybridized carbons (Fsp3) is 0.529. The molecule has 0 bridgehead atoms. The minimum absolute atomic E-state index is 0.0518. The SMILES string of the molecule is COc1cc(OC)cc(C(=O)N2CCN=C2N2CCCCC2)c1. The summed E-state index contributed by atoms with van der Waals surface area (Å²) >= 11 is 0. The van der Waals surface area contributed by atoms with Crippen LogP contribution in [0.15, 0.2) is 23.2 Å². The summed E-state index contributed by atoms with van der Waals surface area (Å²) in [6, 6.07) is 5.26. The highest BCUT2D eigenvalue weighted by Crippen LogP contribution is 2.24. The molecular weight excluding hydrogens is 294 g/mol. The molecule has 0 spiro atoms. The van der Waals surface area contributed by atoms with Gasteiger partial charge in [-0.25, -0.2) is 0 Å². The maximum atomic E-state index is 12.9. The minimum atomic E-state index is -0.0518. The average Bonchev–Trinajstić information content (AvgIpc) is 3.11. The molecule has 1 saturated heterocycles. The zero-order valence-corrected chi connectivity index (χ0v) is 13.7. The van der Waals surface area contributed by atoms with Crippen molar-refractivity contribution in [1.29, 1.82) is 0 Å². The van der Waals surface area contributed by atoms with Gasteiger partial charge < -0.3 is 14.4 Å². The Labute approximate surface area is 136 Å². The topological polar surface area (TPSA) is 54.4 Å². The molecule has 0 aliphatic carbocycles. The number of hydrogen-bond acceptors (Lipinski definition) is 5. The van der Waals surface area contributed by atoms with Crippen LogP contribution in [0.5, 0.6) is 11.5 Å². The highest BCUT2D eigenvalue weighted by molar-refractivity contribution is 6.06. The van der Waals surface area contributed by atoms with Gasteiger partial charge in [0.1, 0.15) is 11.5 Å². The molecule has 124 valence electrons. The lowest BCUT2D eigenvalue weighted by Crippen LogP contribution is -2.46. The number of benzene rings is 1. The third kappa shape index (κ3) is 3.25. The molecule has 0 radical (unpaired) electrons. The van der Waals surface area contributed by atoms with Crippen LogP contribution in [0, 0.1) is 0 Å². The largest absolute Gasteiger partial charge is 0.497 e. The van der Waals surface area contributed by atoms with E-state index in [1.54, 1.807) is 37.3 Å². The maximum Gasteiger partial charge on any atom is 0.260 e. The molecule has 0 atom stereocenters. The molecule has 6 nitrogen and oxygen atoms in total. The number of guanidine groups is 1. The van der Waals surface area contributed by atoms with E-state index in [2.05, 4.69) is 9.89 Å². The van der Waals surface area contributed by atoms with Gasteiger partial charge in [0.05, 0.1) is 20.8 Å². The van der Waals surface area contributed by atoms with Gasteiger partial charge in [0.25, 0.3) is 5.91 Å². The van der Waals surface area contributed by atoms with E-state index in [0.29, 0.717) is 30.2 Å². The number of piperidine rings is 1. The molecule has 23 heavy (non-hydrogen) atoms. The van der Waals surface area contributed by atoms with E-state index in [0.717, 1.165) is 31.9 Å². The van der Waals surface area contributed by atoms with Gasteiger partial charge in [-0.3, -0.25) is 14.7 Å². The first-order valence-corrected chi connectivity index (χ1v) is 8.07. The van der Waals surface area contributed by atoms with Gasteiger partial charge in [0, 0.05) is 31.3 Å². The van der Waals surface area contributed by atoms with Crippen LogP contribution in [-0.4, -0.2) is 62.1 Å². The molecular formula is C17H23N3O3. The summed E-state index contributed by atoms with van der Waals surface area (Å²) in [5.74, 6) is 1.99. The van der Waals surface area contributed by atoms with Crippen LogP contribution in [0.2, 0.25) is 0 Å². The predicted molar refractivity (Wildman–Crippen MR) is 88.3 cm³/mol. The average molecular weight is 317 g/mol. The quantitative estimate of drug-likeness (QED) is 0.856. The molecule has 1 aromatic rings. The van der Waals surface area contributed by atoms with Gasteiger partial charge in [0.2, 0.25) is 5.96 Å². The first-order valence-electron chi connectivity index (χ1n) is 8.07. The molecule has 2 heterocycles. The van der Waals surface area contributed by atoms with E-state index >= 15 is 0 Å². The third-order valence-electron chi connectivity index (χ3n) is 4.30. The summed E-state index contributed by atoms with van der Waals surface area (Å²) in [5.41, 5.74) is 0.563. The van der Waals surface area contributed by atoms with Crippen LogP contribution in [-0.2, 0) is 0 Å². The molecule has 1 aromatic carbocycles. The first-order chi connectivity index (χ1) is 11.2. The fourth-order valence-electron chi connectivity index (χ4n) is 3.08. The number of methoxy groups -OCH3 is 2. The number of likely N-dealkylation sites (tertiary alicyclic amines) is 1. The Morgan fingerprint density at radius 2 is 1.65 bits per heavy atom. The van der Waals surface area contributed by atoms with Crippen molar-refractivity contribution in [2.24, 2.45) is 4.99 Å². The van der Waals surface area contributed by atoms with Crippen LogP contribution in [0.25, 0.3) is 0 Å². The van der Waals surface area contributed by atoms with Crippen molar-refractivity contribution in [2.75, 3.05) is 40.4 Å². The van der Waals surface area contributed by atoms with Gasteiger partial charge in [-0.15, -0.1) is 0 Å². The number of hydrogen-bond donors (Lipinski definition) is 0. The lowest BCUT2D eigenvalue weighted by atomic mass is 10.1. The highest BCUT2D eigenvalue weighted by Gasteiger charge is 2.30. The lowest BCUT2D eigenvalue weighted by Gasteiger charge is -2.32. The second-order valence-electron chi connectivity index (χ2n) is 5.79. The predicted octanol–water partition coefficient (Wildman–Crippen LogP) is 2.00. The van der Waals surface area contributed by atoms with Crippen LogP contribution in [0.4, 0.5) is 0 Å². The molecule has 0 saturated carbocycles. The zero-order chi connectivity index (χ0) is 16.2. The van der Waals surface area contributed by atoms with Crippen molar-refractivity contribution in [1.82, 2.24) is 9.80 Å². The van der Waals surface area contributed by atoms with E-state index in [-0.39, 0.29) is 5.91 Å². The third-order valence-corrected chi connectivity index (χ3v) is 4.30. The van der Waals surface area contributed by atoms with Gasteiger partial charge in [-0.05, 0) is 31.4 Å². The summed E-state index contributed by atoms with van der Waals surface area (Å²) in [6.45, 7) is 3.25. The Kier molecular flexibility index (Phi) is 4.69. The van der Waals surface area contributed by atoms with Crippen molar-refractivity contribution in [3.63, 3.8) is 0 Å². The van der Waals surface area contributed by atoms with Crippen LogP contribution in [0.3, 0.4) is 0 Å². The van der Waals surface area contributed by atoms with E-state index in [1.807, 2.05) is 0 Å². The Balaban J connectivity index is 1.83. The number of ether oxygens (including phenoxy) is 2. The number of aliphatic imine (C=N–C) groups is 1. The van der Waals surface area contributed by atoms with E-state index in [1.165, 1.54) is 6.42 Å². The van der Waals surface area contributed by atoms with Gasteiger partial charge in [0.15, 0.2) is 0 Å². The van der Waals surface area contributed by atoms with E-state index in [4.69, 9.17) is 9.47 Å². The molecule has 2 aliphatic rings. The Morgan fingerprint density at radius 3 is 2.26 bits per heavy atom. The minimum Gasteiger partial charge on any atom is -0.497 e. The summed E-state index contributed by atoms with van der Waals surface area (Å²) in [6.07, 6.45) is 3.58. The molecule has 1 fully saturated rings. The smallest absolute Gasteiger partial charge is 0.260 e. The lowest BCUT2D eigenvalue weighted by molar-refractivity contribution is 0.0840. The highest BCUT2D eigenvalue weighted by atomic mass is 16.5. The van der Waals surface area contributed by atoms with E-state index < -0.39 is 0 Å². The van der Waals surface area contributed by atoms with Crippen LogP contribution in [0.1, 0.15) is 29.6 Å². The van der Waals surface area contributed by atoms with Crippen LogP contribution >= 0.6 is 0 Å². The zero-order valence-electron chi connectivity index (χ0n) is 13.7. The summed E-state index contributed by atoms with van der Waals surface area (Å²) in [4.78, 5) is 21.5.